The van der Waals surface area contributed by atoms with Crippen molar-refractivity contribution in [2.45, 2.75) is 45.6 Å². The van der Waals surface area contributed by atoms with E-state index < -0.39 is 10.0 Å². The second-order valence-electron chi connectivity index (χ2n) is 7.25. The average molecular weight is 439 g/mol. The topological polar surface area (TPSA) is 84.3 Å². The van der Waals surface area contributed by atoms with Gasteiger partial charge in [-0.05, 0) is 43.9 Å². The van der Waals surface area contributed by atoms with Crippen molar-refractivity contribution in [3.05, 3.63) is 46.7 Å². The molecule has 3 rings (SSSR count). The Morgan fingerprint density at radius 1 is 1.28 bits per heavy atom. The van der Waals surface area contributed by atoms with Crippen molar-refractivity contribution < 1.29 is 13.2 Å². The Morgan fingerprint density at radius 3 is 2.62 bits per heavy atom. The highest BCUT2D eigenvalue weighted by molar-refractivity contribution is 7.89. The molecule has 0 radical (unpaired) electrons. The minimum Gasteiger partial charge on any atom is -0.338 e. The zero-order valence-corrected chi connectivity index (χ0v) is 18.3. The summed E-state index contributed by atoms with van der Waals surface area (Å²) in [6, 6.07) is 7.25. The number of hydrogen-bond donors (Lipinski definition) is 1. The lowest BCUT2D eigenvalue weighted by Crippen LogP contribution is -2.47. The summed E-state index contributed by atoms with van der Waals surface area (Å²) < 4.78 is 28.4. The molecule has 1 N–H and O–H groups in total. The van der Waals surface area contributed by atoms with Crippen LogP contribution in [-0.4, -0.2) is 53.9 Å². The molecule has 1 amide bonds. The van der Waals surface area contributed by atoms with Crippen LogP contribution in [0.15, 0.2) is 30.5 Å². The summed E-state index contributed by atoms with van der Waals surface area (Å²) in [6.45, 7) is 4.87. The van der Waals surface area contributed by atoms with Gasteiger partial charge in [0, 0.05) is 24.2 Å². The summed E-state index contributed by atoms with van der Waals surface area (Å²) in [5.41, 5.74) is 2.23. The lowest BCUT2D eigenvalue weighted by Gasteiger charge is -2.32. The van der Waals surface area contributed by atoms with Gasteiger partial charge < -0.3 is 4.90 Å². The molecule has 0 bridgehead atoms. The van der Waals surface area contributed by atoms with Gasteiger partial charge in [0.15, 0.2) is 0 Å². The molecule has 1 aromatic carbocycles. The fourth-order valence-corrected chi connectivity index (χ4v) is 5.26. The first-order valence-electron chi connectivity index (χ1n) is 9.96. The lowest BCUT2D eigenvalue weighted by atomic mass is 10.0. The van der Waals surface area contributed by atoms with Gasteiger partial charge in [0.2, 0.25) is 10.0 Å². The molecule has 158 valence electrons. The molecule has 0 saturated carbocycles. The van der Waals surface area contributed by atoms with E-state index in [1.54, 1.807) is 21.8 Å². The predicted molar refractivity (Wildman–Crippen MR) is 114 cm³/mol. The molecule has 7 nitrogen and oxygen atoms in total. The highest BCUT2D eigenvalue weighted by atomic mass is 35.5. The summed E-state index contributed by atoms with van der Waals surface area (Å²) in [6.07, 6.45) is 4.07. The quantitative estimate of drug-likeness (QED) is 0.720. The van der Waals surface area contributed by atoms with Crippen molar-refractivity contribution in [1.82, 2.24) is 19.4 Å². The normalized spacial score (nSPS) is 15.6. The molecule has 9 heteroatoms. The van der Waals surface area contributed by atoms with E-state index in [-0.39, 0.29) is 17.7 Å². The molecule has 1 fully saturated rings. The van der Waals surface area contributed by atoms with Crippen molar-refractivity contribution in [3.8, 4) is 5.69 Å². The molecule has 29 heavy (non-hydrogen) atoms. The van der Waals surface area contributed by atoms with Crippen LogP contribution in [0.1, 0.15) is 49.2 Å². The van der Waals surface area contributed by atoms with Gasteiger partial charge in [-0.1, -0.05) is 31.5 Å². The fraction of sp³-hybridized carbons (Fsp3) is 0.500. The van der Waals surface area contributed by atoms with Crippen LogP contribution in [0.2, 0.25) is 5.02 Å². The molecular formula is C20H27ClN4O3S. The predicted octanol–water partition coefficient (Wildman–Crippen LogP) is 3.02. The molecule has 0 atom stereocenters. The van der Waals surface area contributed by atoms with E-state index in [1.807, 2.05) is 32.0 Å². The molecular weight excluding hydrogens is 412 g/mol. The van der Waals surface area contributed by atoms with Gasteiger partial charge in [-0.15, -0.1) is 0 Å². The van der Waals surface area contributed by atoms with Crippen LogP contribution in [0.25, 0.3) is 5.69 Å². The Morgan fingerprint density at radius 2 is 2.00 bits per heavy atom. The first-order chi connectivity index (χ1) is 13.8. The van der Waals surface area contributed by atoms with Gasteiger partial charge >= 0.3 is 0 Å². The minimum atomic E-state index is -3.24. The molecule has 0 unspecified atom stereocenters. The number of carbonyl (C=O) groups is 1. The zero-order valence-electron chi connectivity index (χ0n) is 16.8. The Kier molecular flexibility index (Phi) is 6.97. The molecule has 2 aromatic rings. The van der Waals surface area contributed by atoms with E-state index >= 15 is 0 Å². The number of amides is 1. The number of halogens is 1. The number of carbonyl (C=O) groups excluding carboxylic acids is 1. The van der Waals surface area contributed by atoms with Crippen LogP contribution < -0.4 is 4.72 Å². The van der Waals surface area contributed by atoms with Crippen LogP contribution in [0.3, 0.4) is 0 Å². The Bertz CT molecular complexity index is 966. The van der Waals surface area contributed by atoms with Gasteiger partial charge in [-0.2, -0.15) is 5.10 Å². The standard InChI is InChI=1S/C20H27ClN4O3S/c1-3-12-29(27,28)23-16-8-10-24(11-9-16)20(26)18-14-22-25(19(18)4-2)17-7-5-6-15(21)13-17/h5-7,13-14,16,23H,3-4,8-12H2,1-2H3. The number of rotatable bonds is 7. The molecule has 1 aliphatic heterocycles. The number of nitrogens with zero attached hydrogens (tertiary/aromatic N) is 3. The molecule has 2 heterocycles. The summed E-state index contributed by atoms with van der Waals surface area (Å²) in [7, 11) is -3.24. The van der Waals surface area contributed by atoms with E-state index in [9.17, 15) is 13.2 Å². The van der Waals surface area contributed by atoms with Gasteiger partial charge in [-0.3, -0.25) is 4.79 Å². The second-order valence-corrected chi connectivity index (χ2v) is 9.56. The maximum absolute atomic E-state index is 13.1. The third-order valence-electron chi connectivity index (χ3n) is 5.09. The van der Waals surface area contributed by atoms with E-state index in [2.05, 4.69) is 9.82 Å². The number of likely N-dealkylation sites (tertiary alicyclic amines) is 1. The van der Waals surface area contributed by atoms with Crippen LogP contribution in [0, 0.1) is 0 Å². The second kappa shape index (κ2) is 9.28. The molecule has 0 spiro atoms. The van der Waals surface area contributed by atoms with Crippen molar-refractivity contribution in [2.75, 3.05) is 18.8 Å². The fourth-order valence-electron chi connectivity index (χ4n) is 3.68. The van der Waals surface area contributed by atoms with E-state index in [1.165, 1.54) is 0 Å². The summed E-state index contributed by atoms with van der Waals surface area (Å²) >= 11 is 6.10. The van der Waals surface area contributed by atoms with Crippen LogP contribution >= 0.6 is 11.6 Å². The monoisotopic (exact) mass is 438 g/mol. The molecule has 0 aliphatic carbocycles. The average Bonchev–Trinajstić information content (AvgIpc) is 3.11. The first-order valence-corrected chi connectivity index (χ1v) is 12.0. The third kappa shape index (κ3) is 5.18. The Labute approximate surface area is 177 Å². The molecule has 1 aromatic heterocycles. The zero-order chi connectivity index (χ0) is 21.0. The van der Waals surface area contributed by atoms with Crippen LogP contribution in [-0.2, 0) is 16.4 Å². The number of nitrogens with one attached hydrogen (secondary N) is 1. The summed E-state index contributed by atoms with van der Waals surface area (Å²) in [5.74, 6) is 0.0688. The van der Waals surface area contributed by atoms with Crippen molar-refractivity contribution >= 4 is 27.5 Å². The number of piperidine rings is 1. The van der Waals surface area contributed by atoms with Gasteiger partial charge in [0.05, 0.1) is 28.9 Å². The maximum Gasteiger partial charge on any atom is 0.257 e. The number of hydrogen-bond acceptors (Lipinski definition) is 4. The lowest BCUT2D eigenvalue weighted by molar-refractivity contribution is 0.0710. The molecule has 1 aliphatic rings. The Balaban J connectivity index is 1.70. The van der Waals surface area contributed by atoms with Crippen molar-refractivity contribution in [1.29, 1.82) is 0 Å². The highest BCUT2D eigenvalue weighted by Gasteiger charge is 2.28. The van der Waals surface area contributed by atoms with Gasteiger partial charge in [0.1, 0.15) is 0 Å². The van der Waals surface area contributed by atoms with E-state index in [0.29, 0.717) is 49.4 Å². The van der Waals surface area contributed by atoms with Crippen molar-refractivity contribution in [3.63, 3.8) is 0 Å². The smallest absolute Gasteiger partial charge is 0.257 e. The number of sulfonamides is 1. The third-order valence-corrected chi connectivity index (χ3v) is 6.96. The SMILES string of the molecule is CCCS(=O)(=O)NC1CCN(C(=O)c2cnn(-c3cccc(Cl)c3)c2CC)CC1. The highest BCUT2D eigenvalue weighted by Crippen LogP contribution is 2.22. The van der Waals surface area contributed by atoms with Gasteiger partial charge in [0.25, 0.3) is 5.91 Å². The van der Waals surface area contributed by atoms with E-state index in [4.69, 9.17) is 11.6 Å². The minimum absolute atomic E-state index is 0.0648. The number of benzene rings is 1. The summed E-state index contributed by atoms with van der Waals surface area (Å²) in [4.78, 5) is 14.9. The van der Waals surface area contributed by atoms with Crippen LogP contribution in [0.4, 0.5) is 0 Å². The first kappa shape index (κ1) is 21.8. The van der Waals surface area contributed by atoms with Gasteiger partial charge in [-0.25, -0.2) is 17.8 Å². The van der Waals surface area contributed by atoms with E-state index in [0.717, 1.165) is 11.4 Å². The largest absolute Gasteiger partial charge is 0.338 e. The summed E-state index contributed by atoms with van der Waals surface area (Å²) in [5, 5.41) is 5.03. The van der Waals surface area contributed by atoms with Crippen LogP contribution in [0.5, 0.6) is 0 Å². The Hall–Kier alpha value is -1.90. The number of aromatic nitrogens is 2. The maximum atomic E-state index is 13.1. The van der Waals surface area contributed by atoms with Crippen molar-refractivity contribution in [2.24, 2.45) is 0 Å². The molecule has 1 saturated heterocycles.